The highest BCUT2D eigenvalue weighted by molar-refractivity contribution is 9.10. The number of ether oxygens (including phenoxy) is 1. The first kappa shape index (κ1) is 14.0. The first-order chi connectivity index (χ1) is 10.2. The normalized spacial score (nSPS) is 11.0. The Kier molecular flexibility index (Phi) is 3.90. The summed E-state index contributed by atoms with van der Waals surface area (Å²) in [6.07, 6.45) is 0. The molecule has 3 aromatic rings. The second kappa shape index (κ2) is 5.84. The molecule has 3 rings (SSSR count). The van der Waals surface area contributed by atoms with Gasteiger partial charge in [-0.3, -0.25) is 4.79 Å². The molecule has 0 radical (unpaired) electrons. The van der Waals surface area contributed by atoms with Crippen LogP contribution in [0, 0.1) is 0 Å². The number of halogens is 1. The van der Waals surface area contributed by atoms with Crippen molar-refractivity contribution in [1.82, 2.24) is 0 Å². The summed E-state index contributed by atoms with van der Waals surface area (Å²) in [5.41, 5.74) is 2.36. The predicted octanol–water partition coefficient (Wildman–Crippen LogP) is 4.57. The Morgan fingerprint density at radius 2 is 1.90 bits per heavy atom. The minimum Gasteiger partial charge on any atom is -0.453 e. The molecule has 3 nitrogen and oxygen atoms in total. The Balaban J connectivity index is 1.96. The highest BCUT2D eigenvalue weighted by Gasteiger charge is 2.14. The fourth-order valence-corrected chi connectivity index (χ4v) is 2.47. The van der Waals surface area contributed by atoms with Crippen LogP contribution in [0.2, 0.25) is 0 Å². The molecule has 0 saturated carbocycles. The van der Waals surface area contributed by atoms with E-state index in [9.17, 15) is 4.79 Å². The van der Waals surface area contributed by atoms with Crippen LogP contribution in [0.1, 0.15) is 21.7 Å². The zero-order valence-electron chi connectivity index (χ0n) is 11.4. The maximum Gasteiger partial charge on any atom is 0.228 e. The van der Waals surface area contributed by atoms with Gasteiger partial charge in [0.15, 0.2) is 5.76 Å². The fraction of sp³-hybridized carbons (Fsp3) is 0.118. The average molecular weight is 345 g/mol. The number of methoxy groups -OCH3 is 1. The van der Waals surface area contributed by atoms with Gasteiger partial charge < -0.3 is 9.15 Å². The molecule has 1 heterocycles. The molecule has 0 saturated heterocycles. The lowest BCUT2D eigenvalue weighted by Gasteiger charge is -1.97. The lowest BCUT2D eigenvalue weighted by molar-refractivity contribution is 0.101. The number of benzene rings is 2. The van der Waals surface area contributed by atoms with E-state index in [1.165, 1.54) is 0 Å². The molecule has 0 atom stereocenters. The van der Waals surface area contributed by atoms with Crippen LogP contribution in [0.25, 0.3) is 11.0 Å². The van der Waals surface area contributed by atoms with Gasteiger partial charge in [0, 0.05) is 22.5 Å². The van der Waals surface area contributed by atoms with E-state index in [1.807, 2.05) is 30.3 Å². The topological polar surface area (TPSA) is 39.4 Å². The molecule has 0 bridgehead atoms. The van der Waals surface area contributed by atoms with Crippen LogP contribution < -0.4 is 0 Å². The van der Waals surface area contributed by atoms with Crippen molar-refractivity contribution in [1.29, 1.82) is 0 Å². The number of rotatable bonds is 4. The molecule has 0 aliphatic rings. The number of ketones is 1. The van der Waals surface area contributed by atoms with Crippen LogP contribution in [0.4, 0.5) is 0 Å². The number of carbonyl (C=O) groups excluding carboxylic acids is 1. The molecule has 0 amide bonds. The molecule has 2 aromatic carbocycles. The van der Waals surface area contributed by atoms with Crippen LogP contribution in [0.3, 0.4) is 0 Å². The summed E-state index contributed by atoms with van der Waals surface area (Å²) in [4.78, 5) is 12.4. The number of hydrogen-bond acceptors (Lipinski definition) is 3. The van der Waals surface area contributed by atoms with Crippen molar-refractivity contribution in [3.63, 3.8) is 0 Å². The van der Waals surface area contributed by atoms with Gasteiger partial charge in [-0.2, -0.15) is 0 Å². The Morgan fingerprint density at radius 3 is 2.62 bits per heavy atom. The minimum absolute atomic E-state index is 0.119. The highest BCUT2D eigenvalue weighted by Crippen LogP contribution is 2.23. The van der Waals surface area contributed by atoms with Crippen molar-refractivity contribution in [2.75, 3.05) is 7.11 Å². The largest absolute Gasteiger partial charge is 0.453 e. The summed E-state index contributed by atoms with van der Waals surface area (Å²) in [7, 11) is 1.65. The average Bonchev–Trinajstić information content (AvgIpc) is 2.91. The third kappa shape index (κ3) is 2.91. The quantitative estimate of drug-likeness (QED) is 0.650. The number of hydrogen-bond donors (Lipinski definition) is 0. The fourth-order valence-electron chi connectivity index (χ4n) is 2.20. The number of fused-ring (bicyclic) bond motifs is 1. The van der Waals surface area contributed by atoms with E-state index in [1.54, 1.807) is 25.3 Å². The van der Waals surface area contributed by atoms with Gasteiger partial charge in [0.25, 0.3) is 0 Å². The number of carbonyl (C=O) groups is 1. The van der Waals surface area contributed by atoms with E-state index in [0.29, 0.717) is 23.5 Å². The van der Waals surface area contributed by atoms with Gasteiger partial charge >= 0.3 is 0 Å². The molecule has 0 unspecified atom stereocenters. The van der Waals surface area contributed by atoms with E-state index in [-0.39, 0.29) is 5.78 Å². The molecule has 1 aromatic heterocycles. The Morgan fingerprint density at radius 1 is 1.14 bits per heavy atom. The highest BCUT2D eigenvalue weighted by atomic mass is 79.9. The lowest BCUT2D eigenvalue weighted by atomic mass is 10.1. The lowest BCUT2D eigenvalue weighted by Crippen LogP contribution is -1.98. The van der Waals surface area contributed by atoms with Crippen LogP contribution in [-0.4, -0.2) is 12.9 Å². The van der Waals surface area contributed by atoms with E-state index in [2.05, 4.69) is 15.9 Å². The Hall–Kier alpha value is -1.91. The molecule has 0 N–H and O–H groups in total. The summed E-state index contributed by atoms with van der Waals surface area (Å²) in [6.45, 7) is 0.539. The van der Waals surface area contributed by atoms with Crippen molar-refractivity contribution >= 4 is 32.7 Å². The first-order valence-electron chi connectivity index (χ1n) is 6.49. The summed E-state index contributed by atoms with van der Waals surface area (Å²) >= 11 is 3.36. The molecule has 106 valence electrons. The summed E-state index contributed by atoms with van der Waals surface area (Å²) in [5, 5.41) is 0.907. The van der Waals surface area contributed by atoms with Gasteiger partial charge in [-0.25, -0.2) is 0 Å². The summed E-state index contributed by atoms with van der Waals surface area (Å²) in [5.74, 6) is 0.230. The summed E-state index contributed by atoms with van der Waals surface area (Å²) < 4.78 is 11.7. The molecule has 0 aliphatic heterocycles. The van der Waals surface area contributed by atoms with Crippen molar-refractivity contribution in [2.45, 2.75) is 6.61 Å². The van der Waals surface area contributed by atoms with E-state index >= 15 is 0 Å². The van der Waals surface area contributed by atoms with Gasteiger partial charge in [0.05, 0.1) is 6.61 Å². The van der Waals surface area contributed by atoms with Crippen molar-refractivity contribution < 1.29 is 13.9 Å². The van der Waals surface area contributed by atoms with Crippen molar-refractivity contribution in [3.05, 3.63) is 69.9 Å². The molecule has 21 heavy (non-hydrogen) atoms. The first-order valence-corrected chi connectivity index (χ1v) is 7.28. The summed E-state index contributed by atoms with van der Waals surface area (Å²) in [6, 6.07) is 14.8. The second-order valence-corrected chi connectivity index (χ2v) is 5.67. The molecule has 0 aliphatic carbocycles. The maximum absolute atomic E-state index is 12.4. The molecule has 0 spiro atoms. The molecular weight excluding hydrogens is 332 g/mol. The zero-order valence-corrected chi connectivity index (χ0v) is 13.0. The molecule has 0 fully saturated rings. The van der Waals surface area contributed by atoms with E-state index < -0.39 is 0 Å². The standard InChI is InChI=1S/C17H13BrO3/c1-20-10-11-2-7-15-13(8-11)9-16(21-15)17(19)12-3-5-14(18)6-4-12/h2-9H,10H2,1H3. The Bertz CT molecular complexity index is 787. The van der Waals surface area contributed by atoms with Gasteiger partial charge in [-0.1, -0.05) is 22.0 Å². The smallest absolute Gasteiger partial charge is 0.228 e. The van der Waals surface area contributed by atoms with E-state index in [0.717, 1.165) is 15.4 Å². The van der Waals surface area contributed by atoms with Gasteiger partial charge in [0.2, 0.25) is 5.78 Å². The zero-order chi connectivity index (χ0) is 14.8. The van der Waals surface area contributed by atoms with Crippen molar-refractivity contribution in [2.24, 2.45) is 0 Å². The van der Waals surface area contributed by atoms with E-state index in [4.69, 9.17) is 9.15 Å². The third-order valence-corrected chi connectivity index (χ3v) is 3.75. The second-order valence-electron chi connectivity index (χ2n) is 4.75. The van der Waals surface area contributed by atoms with Crippen LogP contribution in [0.15, 0.2) is 57.4 Å². The SMILES string of the molecule is COCc1ccc2oc(C(=O)c3ccc(Br)cc3)cc2c1. The Labute approximate surface area is 130 Å². The van der Waals surface area contributed by atoms with Crippen molar-refractivity contribution in [3.8, 4) is 0 Å². The van der Waals surface area contributed by atoms with Gasteiger partial charge in [-0.15, -0.1) is 0 Å². The van der Waals surface area contributed by atoms with Crippen LogP contribution in [0.5, 0.6) is 0 Å². The molecular formula is C17H13BrO3. The minimum atomic E-state index is -0.119. The third-order valence-electron chi connectivity index (χ3n) is 3.22. The van der Waals surface area contributed by atoms with Crippen LogP contribution >= 0.6 is 15.9 Å². The molecule has 4 heteroatoms. The monoisotopic (exact) mass is 344 g/mol. The van der Waals surface area contributed by atoms with Crippen LogP contribution in [-0.2, 0) is 11.3 Å². The predicted molar refractivity (Wildman–Crippen MR) is 84.5 cm³/mol. The number of furan rings is 1. The van der Waals surface area contributed by atoms with Gasteiger partial charge in [-0.05, 0) is 48.0 Å². The maximum atomic E-state index is 12.4. The van der Waals surface area contributed by atoms with Gasteiger partial charge in [0.1, 0.15) is 5.58 Å².